The van der Waals surface area contributed by atoms with Gasteiger partial charge in [-0.25, -0.2) is 0 Å². The maximum Gasteiger partial charge on any atom is 0.124 e. The Kier molecular flexibility index (Phi) is 4.31. The number of nitrogens with zero attached hydrogens (tertiary/aromatic N) is 2. The Labute approximate surface area is 96.1 Å². The fourth-order valence-corrected chi connectivity index (χ4v) is 2.82. The van der Waals surface area contributed by atoms with Crippen LogP contribution in [0.15, 0.2) is 6.07 Å². The third-order valence-electron chi connectivity index (χ3n) is 2.67. The molecule has 2 nitrogen and oxygen atoms in total. The van der Waals surface area contributed by atoms with Gasteiger partial charge in [-0.2, -0.15) is 5.26 Å². The lowest BCUT2D eigenvalue weighted by molar-refractivity contribution is 0.262. The zero-order valence-corrected chi connectivity index (χ0v) is 10.7. The Morgan fingerprint density at radius 1 is 1.40 bits per heavy atom. The van der Waals surface area contributed by atoms with E-state index < -0.39 is 0 Å². The summed E-state index contributed by atoms with van der Waals surface area (Å²) >= 11 is 1.77. The van der Waals surface area contributed by atoms with Crippen LogP contribution >= 0.6 is 11.3 Å². The molecule has 0 aliphatic rings. The molecule has 0 bridgehead atoms. The van der Waals surface area contributed by atoms with Gasteiger partial charge in [0.2, 0.25) is 0 Å². The average Bonchev–Trinajstić information content (AvgIpc) is 2.54. The molecule has 0 fully saturated rings. The van der Waals surface area contributed by atoms with E-state index in [2.05, 4.69) is 44.7 Å². The van der Waals surface area contributed by atoms with Crippen LogP contribution in [0.5, 0.6) is 0 Å². The first kappa shape index (κ1) is 12.2. The van der Waals surface area contributed by atoms with Crippen LogP contribution in [0.3, 0.4) is 0 Å². The van der Waals surface area contributed by atoms with Crippen molar-refractivity contribution < 1.29 is 0 Å². The zero-order chi connectivity index (χ0) is 11.4. The highest BCUT2D eigenvalue weighted by molar-refractivity contribution is 7.12. The van der Waals surface area contributed by atoms with E-state index in [1.165, 1.54) is 15.3 Å². The SMILES string of the molecule is CCN(CC)C(C#N)c1cc(C)sc1C. The fourth-order valence-electron chi connectivity index (χ4n) is 1.86. The van der Waals surface area contributed by atoms with E-state index in [1.807, 2.05) is 0 Å². The summed E-state index contributed by atoms with van der Waals surface area (Å²) in [5.41, 5.74) is 1.18. The van der Waals surface area contributed by atoms with Crippen molar-refractivity contribution in [3.63, 3.8) is 0 Å². The molecular weight excluding hydrogens is 204 g/mol. The van der Waals surface area contributed by atoms with Crippen LogP contribution in [-0.2, 0) is 0 Å². The summed E-state index contributed by atoms with van der Waals surface area (Å²) in [5.74, 6) is 0. The molecule has 0 saturated heterocycles. The van der Waals surface area contributed by atoms with Crippen LogP contribution in [0.2, 0.25) is 0 Å². The molecule has 0 N–H and O–H groups in total. The summed E-state index contributed by atoms with van der Waals surface area (Å²) in [6.45, 7) is 10.2. The Hall–Kier alpha value is -0.850. The molecule has 0 aliphatic heterocycles. The average molecular weight is 222 g/mol. The highest BCUT2D eigenvalue weighted by Crippen LogP contribution is 2.29. The van der Waals surface area contributed by atoms with E-state index in [1.54, 1.807) is 11.3 Å². The Balaban J connectivity index is 3.02. The van der Waals surface area contributed by atoms with Crippen LogP contribution < -0.4 is 0 Å². The van der Waals surface area contributed by atoms with E-state index in [4.69, 9.17) is 0 Å². The van der Waals surface area contributed by atoms with Crippen LogP contribution in [0.25, 0.3) is 0 Å². The van der Waals surface area contributed by atoms with E-state index in [0.717, 1.165) is 13.1 Å². The lowest BCUT2D eigenvalue weighted by Crippen LogP contribution is -2.27. The number of thiophene rings is 1. The molecule has 0 aromatic carbocycles. The highest BCUT2D eigenvalue weighted by atomic mass is 32.1. The van der Waals surface area contributed by atoms with Crippen molar-refractivity contribution in [3.05, 3.63) is 21.4 Å². The third-order valence-corrected chi connectivity index (χ3v) is 3.66. The first-order chi connectivity index (χ1) is 7.13. The van der Waals surface area contributed by atoms with Gasteiger partial charge in [-0.3, -0.25) is 4.90 Å². The first-order valence-corrected chi connectivity index (χ1v) is 6.16. The summed E-state index contributed by atoms with van der Waals surface area (Å²) in [6, 6.07) is 4.47. The molecule has 1 heterocycles. The lowest BCUT2D eigenvalue weighted by Gasteiger charge is -2.23. The van der Waals surface area contributed by atoms with Gasteiger partial charge in [-0.15, -0.1) is 11.3 Å². The minimum absolute atomic E-state index is 0.0788. The summed E-state index contributed by atoms with van der Waals surface area (Å²) in [5, 5.41) is 9.26. The molecule has 0 amide bonds. The fraction of sp³-hybridized carbons (Fsp3) is 0.583. The molecule has 0 aliphatic carbocycles. The Bertz CT molecular complexity index is 358. The molecule has 1 rings (SSSR count). The van der Waals surface area contributed by atoms with Crippen LogP contribution in [0.4, 0.5) is 0 Å². The van der Waals surface area contributed by atoms with E-state index in [9.17, 15) is 5.26 Å². The molecule has 1 atom stereocenters. The maximum absolute atomic E-state index is 9.26. The molecule has 1 unspecified atom stereocenters. The molecule has 82 valence electrons. The lowest BCUT2D eigenvalue weighted by atomic mass is 10.1. The second-order valence-electron chi connectivity index (χ2n) is 3.62. The number of hydrogen-bond donors (Lipinski definition) is 0. The molecule has 0 radical (unpaired) electrons. The normalized spacial score (nSPS) is 12.8. The summed E-state index contributed by atoms with van der Waals surface area (Å²) in [6.07, 6.45) is 0. The van der Waals surface area contributed by atoms with Crippen molar-refractivity contribution in [2.24, 2.45) is 0 Å². The Morgan fingerprint density at radius 2 is 2.00 bits per heavy atom. The van der Waals surface area contributed by atoms with Gasteiger partial charge in [0.1, 0.15) is 6.04 Å². The number of hydrogen-bond acceptors (Lipinski definition) is 3. The van der Waals surface area contributed by atoms with Crippen molar-refractivity contribution in [1.82, 2.24) is 4.90 Å². The van der Waals surface area contributed by atoms with E-state index >= 15 is 0 Å². The quantitative estimate of drug-likeness (QED) is 0.781. The molecule has 0 saturated carbocycles. The summed E-state index contributed by atoms with van der Waals surface area (Å²) < 4.78 is 0. The minimum atomic E-state index is -0.0788. The molecule has 0 spiro atoms. The molecule has 3 heteroatoms. The predicted octanol–water partition coefficient (Wildman–Crippen LogP) is 3.27. The van der Waals surface area contributed by atoms with Gasteiger partial charge in [0.05, 0.1) is 6.07 Å². The number of nitriles is 1. The first-order valence-electron chi connectivity index (χ1n) is 5.34. The van der Waals surface area contributed by atoms with Crippen LogP contribution in [0.1, 0.15) is 35.2 Å². The van der Waals surface area contributed by atoms with Gasteiger partial charge in [0, 0.05) is 9.75 Å². The monoisotopic (exact) mass is 222 g/mol. The second kappa shape index (κ2) is 5.29. The summed E-state index contributed by atoms with van der Waals surface area (Å²) in [7, 11) is 0. The van der Waals surface area contributed by atoms with Gasteiger partial charge >= 0.3 is 0 Å². The zero-order valence-electron chi connectivity index (χ0n) is 9.87. The molecular formula is C12H18N2S. The predicted molar refractivity (Wildman–Crippen MR) is 65.1 cm³/mol. The van der Waals surface area contributed by atoms with Crippen molar-refractivity contribution in [1.29, 1.82) is 5.26 Å². The van der Waals surface area contributed by atoms with Gasteiger partial charge in [0.25, 0.3) is 0 Å². The van der Waals surface area contributed by atoms with Gasteiger partial charge < -0.3 is 0 Å². The van der Waals surface area contributed by atoms with E-state index in [0.29, 0.717) is 0 Å². The molecule has 15 heavy (non-hydrogen) atoms. The minimum Gasteiger partial charge on any atom is -0.285 e. The maximum atomic E-state index is 9.26. The van der Waals surface area contributed by atoms with Crippen LogP contribution in [-0.4, -0.2) is 18.0 Å². The Morgan fingerprint density at radius 3 is 2.33 bits per heavy atom. The van der Waals surface area contributed by atoms with Gasteiger partial charge in [-0.05, 0) is 38.6 Å². The van der Waals surface area contributed by atoms with Crippen LogP contribution in [0, 0.1) is 25.2 Å². The van der Waals surface area contributed by atoms with Gasteiger partial charge in [-0.1, -0.05) is 13.8 Å². The smallest absolute Gasteiger partial charge is 0.124 e. The third kappa shape index (κ3) is 2.58. The number of rotatable bonds is 4. The summed E-state index contributed by atoms with van der Waals surface area (Å²) in [4.78, 5) is 4.75. The van der Waals surface area contributed by atoms with Crippen molar-refractivity contribution >= 4 is 11.3 Å². The standard InChI is InChI=1S/C12H18N2S/c1-5-14(6-2)12(8-13)11-7-9(3)15-10(11)4/h7,12H,5-6H2,1-4H3. The highest BCUT2D eigenvalue weighted by Gasteiger charge is 2.20. The molecule has 1 aromatic rings. The second-order valence-corrected chi connectivity index (χ2v) is 5.08. The van der Waals surface area contributed by atoms with Crippen molar-refractivity contribution in [3.8, 4) is 6.07 Å². The number of aryl methyl sites for hydroxylation is 2. The van der Waals surface area contributed by atoms with Gasteiger partial charge in [0.15, 0.2) is 0 Å². The van der Waals surface area contributed by atoms with E-state index in [-0.39, 0.29) is 6.04 Å². The topological polar surface area (TPSA) is 27.0 Å². The molecule has 1 aromatic heterocycles. The van der Waals surface area contributed by atoms with Crippen molar-refractivity contribution in [2.75, 3.05) is 13.1 Å². The van der Waals surface area contributed by atoms with Crippen molar-refractivity contribution in [2.45, 2.75) is 33.7 Å². The largest absolute Gasteiger partial charge is 0.285 e.